The first-order valence-corrected chi connectivity index (χ1v) is 5.65. The zero-order chi connectivity index (χ0) is 12.7. The average Bonchev–Trinajstić information content (AvgIpc) is 2.33. The Balaban J connectivity index is 2.90. The van der Waals surface area contributed by atoms with Crippen molar-refractivity contribution in [2.24, 2.45) is 0 Å². The lowest BCUT2D eigenvalue weighted by Crippen LogP contribution is -2.31. The Hall–Kier alpha value is -1.58. The zero-order valence-corrected chi connectivity index (χ0v) is 10.0. The van der Waals surface area contributed by atoms with E-state index in [1.165, 1.54) is 0 Å². The summed E-state index contributed by atoms with van der Waals surface area (Å²) in [6.45, 7) is 8.94. The fourth-order valence-electron chi connectivity index (χ4n) is 1.81. The summed E-state index contributed by atoms with van der Waals surface area (Å²) in [6, 6.07) is 7.52. The van der Waals surface area contributed by atoms with Crippen molar-refractivity contribution in [2.45, 2.75) is 6.04 Å². The molecule has 17 heavy (non-hydrogen) atoms. The molecule has 0 saturated heterocycles. The molecule has 0 aliphatic carbocycles. The molecular weight excluding hydrogens is 212 g/mol. The average molecular weight is 232 g/mol. The van der Waals surface area contributed by atoms with Gasteiger partial charge < -0.3 is 10.8 Å². The molecule has 0 amide bonds. The van der Waals surface area contributed by atoms with Gasteiger partial charge in [-0.05, 0) is 17.7 Å². The number of nitrogens with two attached hydrogens (primary N) is 1. The van der Waals surface area contributed by atoms with Gasteiger partial charge in [0.05, 0.1) is 12.6 Å². The minimum Gasteiger partial charge on any atom is -0.399 e. The van der Waals surface area contributed by atoms with Crippen LogP contribution in [-0.4, -0.2) is 29.7 Å². The Bertz CT molecular complexity index is 349. The van der Waals surface area contributed by atoms with E-state index >= 15 is 0 Å². The van der Waals surface area contributed by atoms with E-state index in [4.69, 9.17) is 5.73 Å². The van der Waals surface area contributed by atoms with Crippen molar-refractivity contribution in [1.29, 1.82) is 0 Å². The van der Waals surface area contributed by atoms with Gasteiger partial charge in [0.2, 0.25) is 0 Å². The molecule has 1 rings (SSSR count). The Morgan fingerprint density at radius 1 is 1.18 bits per heavy atom. The van der Waals surface area contributed by atoms with Gasteiger partial charge in [-0.15, -0.1) is 13.2 Å². The first kappa shape index (κ1) is 13.5. The molecule has 0 aliphatic rings. The number of hydrogen-bond donors (Lipinski definition) is 2. The molecule has 3 N–H and O–H groups in total. The third kappa shape index (κ3) is 3.73. The van der Waals surface area contributed by atoms with E-state index in [0.717, 1.165) is 11.3 Å². The van der Waals surface area contributed by atoms with Crippen LogP contribution in [0.3, 0.4) is 0 Å². The van der Waals surface area contributed by atoms with Gasteiger partial charge in [0.15, 0.2) is 0 Å². The van der Waals surface area contributed by atoms with Crippen LogP contribution in [0.15, 0.2) is 49.6 Å². The highest BCUT2D eigenvalue weighted by atomic mass is 16.3. The van der Waals surface area contributed by atoms with Crippen molar-refractivity contribution in [1.82, 2.24) is 4.90 Å². The smallest absolute Gasteiger partial charge is 0.0628 e. The SMILES string of the molecule is C=CCN(CC=C)C(CO)c1ccc(N)cc1. The lowest BCUT2D eigenvalue weighted by atomic mass is 10.1. The largest absolute Gasteiger partial charge is 0.399 e. The predicted molar refractivity (Wildman–Crippen MR) is 72.6 cm³/mol. The minimum atomic E-state index is -0.0494. The van der Waals surface area contributed by atoms with E-state index in [1.54, 1.807) is 0 Å². The molecule has 3 nitrogen and oxygen atoms in total. The van der Waals surface area contributed by atoms with Crippen LogP contribution in [-0.2, 0) is 0 Å². The first-order chi connectivity index (χ1) is 8.22. The highest BCUT2D eigenvalue weighted by molar-refractivity contribution is 5.40. The third-order valence-electron chi connectivity index (χ3n) is 2.66. The van der Waals surface area contributed by atoms with Crippen molar-refractivity contribution in [2.75, 3.05) is 25.4 Å². The van der Waals surface area contributed by atoms with Gasteiger partial charge in [0, 0.05) is 18.8 Å². The minimum absolute atomic E-state index is 0.0494. The predicted octanol–water partition coefficient (Wildman–Crippen LogP) is 1.98. The van der Waals surface area contributed by atoms with Crippen LogP contribution in [0.2, 0.25) is 0 Å². The van der Waals surface area contributed by atoms with Crippen LogP contribution in [0.5, 0.6) is 0 Å². The standard InChI is InChI=1S/C14H20N2O/c1-3-9-16(10-4-2)14(11-17)12-5-7-13(15)8-6-12/h3-8,14,17H,1-2,9-11,15H2. The van der Waals surface area contributed by atoms with Crippen LogP contribution in [0, 0.1) is 0 Å². The molecule has 1 atom stereocenters. The molecule has 0 aromatic heterocycles. The molecule has 1 unspecified atom stereocenters. The number of nitrogen functional groups attached to an aromatic ring is 1. The molecule has 0 saturated carbocycles. The summed E-state index contributed by atoms with van der Waals surface area (Å²) in [5, 5.41) is 9.53. The Kier molecular flexibility index (Phi) is 5.46. The van der Waals surface area contributed by atoms with Crippen LogP contribution in [0.25, 0.3) is 0 Å². The molecule has 0 radical (unpaired) electrons. The second-order valence-corrected chi connectivity index (χ2v) is 3.90. The zero-order valence-electron chi connectivity index (χ0n) is 10.0. The summed E-state index contributed by atoms with van der Waals surface area (Å²) in [5.41, 5.74) is 7.43. The Labute approximate surface area is 103 Å². The number of aliphatic hydroxyl groups excluding tert-OH is 1. The number of rotatable bonds is 7. The normalized spacial score (nSPS) is 12.4. The molecule has 0 heterocycles. The van der Waals surface area contributed by atoms with Crippen LogP contribution in [0.1, 0.15) is 11.6 Å². The van der Waals surface area contributed by atoms with E-state index in [2.05, 4.69) is 18.1 Å². The summed E-state index contributed by atoms with van der Waals surface area (Å²) in [5.74, 6) is 0. The summed E-state index contributed by atoms with van der Waals surface area (Å²) in [7, 11) is 0. The number of aliphatic hydroxyl groups is 1. The molecular formula is C14H20N2O. The maximum Gasteiger partial charge on any atom is 0.0628 e. The highest BCUT2D eigenvalue weighted by Crippen LogP contribution is 2.21. The summed E-state index contributed by atoms with van der Waals surface area (Å²) >= 11 is 0. The fourth-order valence-corrected chi connectivity index (χ4v) is 1.81. The molecule has 0 aliphatic heterocycles. The van der Waals surface area contributed by atoms with Gasteiger partial charge in [0.25, 0.3) is 0 Å². The highest BCUT2D eigenvalue weighted by Gasteiger charge is 2.17. The number of nitrogens with zero attached hydrogens (tertiary/aromatic N) is 1. The summed E-state index contributed by atoms with van der Waals surface area (Å²) in [6.07, 6.45) is 3.65. The third-order valence-corrected chi connectivity index (χ3v) is 2.66. The van der Waals surface area contributed by atoms with Crippen LogP contribution >= 0.6 is 0 Å². The van der Waals surface area contributed by atoms with Gasteiger partial charge in [-0.3, -0.25) is 4.90 Å². The topological polar surface area (TPSA) is 49.5 Å². The van der Waals surface area contributed by atoms with E-state index < -0.39 is 0 Å². The number of benzene rings is 1. The van der Waals surface area contributed by atoms with E-state index in [0.29, 0.717) is 13.1 Å². The van der Waals surface area contributed by atoms with Gasteiger partial charge in [-0.25, -0.2) is 0 Å². The quantitative estimate of drug-likeness (QED) is 0.558. The molecule has 0 spiro atoms. The van der Waals surface area contributed by atoms with Gasteiger partial charge in [0.1, 0.15) is 0 Å². The second kappa shape index (κ2) is 6.89. The number of anilines is 1. The van der Waals surface area contributed by atoms with Crippen molar-refractivity contribution in [3.05, 3.63) is 55.1 Å². The maximum absolute atomic E-state index is 9.53. The first-order valence-electron chi connectivity index (χ1n) is 5.65. The van der Waals surface area contributed by atoms with Gasteiger partial charge in [-0.1, -0.05) is 24.3 Å². The van der Waals surface area contributed by atoms with Crippen molar-refractivity contribution in [3.63, 3.8) is 0 Å². The molecule has 1 aromatic rings. The van der Waals surface area contributed by atoms with Gasteiger partial charge in [-0.2, -0.15) is 0 Å². The second-order valence-electron chi connectivity index (χ2n) is 3.90. The Morgan fingerprint density at radius 3 is 2.12 bits per heavy atom. The van der Waals surface area contributed by atoms with Crippen molar-refractivity contribution in [3.8, 4) is 0 Å². The van der Waals surface area contributed by atoms with Crippen LogP contribution < -0.4 is 5.73 Å². The summed E-state index contributed by atoms with van der Waals surface area (Å²) in [4.78, 5) is 2.10. The maximum atomic E-state index is 9.53. The summed E-state index contributed by atoms with van der Waals surface area (Å²) < 4.78 is 0. The molecule has 0 fully saturated rings. The van der Waals surface area contributed by atoms with E-state index in [9.17, 15) is 5.11 Å². The molecule has 3 heteroatoms. The van der Waals surface area contributed by atoms with Gasteiger partial charge >= 0.3 is 0 Å². The number of hydrogen-bond acceptors (Lipinski definition) is 3. The van der Waals surface area contributed by atoms with Crippen LogP contribution in [0.4, 0.5) is 5.69 Å². The lowest BCUT2D eigenvalue weighted by Gasteiger charge is -2.28. The van der Waals surface area contributed by atoms with E-state index in [-0.39, 0.29) is 12.6 Å². The van der Waals surface area contributed by atoms with Crippen molar-refractivity contribution >= 4 is 5.69 Å². The fraction of sp³-hybridized carbons (Fsp3) is 0.286. The van der Waals surface area contributed by atoms with E-state index in [1.807, 2.05) is 36.4 Å². The molecule has 1 aromatic carbocycles. The molecule has 0 bridgehead atoms. The molecule has 92 valence electrons. The Morgan fingerprint density at radius 2 is 1.71 bits per heavy atom. The monoisotopic (exact) mass is 232 g/mol. The lowest BCUT2D eigenvalue weighted by molar-refractivity contribution is 0.146. The van der Waals surface area contributed by atoms with Crippen molar-refractivity contribution < 1.29 is 5.11 Å².